The molecular weight excluding hydrogens is 212 g/mol. The van der Waals surface area contributed by atoms with Gasteiger partial charge in [0.1, 0.15) is 11.6 Å². The molecule has 1 saturated heterocycles. The molecule has 1 aliphatic carbocycles. The summed E-state index contributed by atoms with van der Waals surface area (Å²) in [4.78, 5) is 11.2. The van der Waals surface area contributed by atoms with Crippen molar-refractivity contribution in [2.24, 2.45) is 0 Å². The van der Waals surface area contributed by atoms with E-state index < -0.39 is 0 Å². The number of aryl methyl sites for hydroxylation is 1. The minimum absolute atomic E-state index is 0.644. The minimum atomic E-state index is 0.644. The Labute approximate surface area is 102 Å². The van der Waals surface area contributed by atoms with Gasteiger partial charge in [-0.2, -0.15) is 0 Å². The fourth-order valence-corrected chi connectivity index (χ4v) is 2.57. The molecule has 0 aromatic carbocycles. The summed E-state index contributed by atoms with van der Waals surface area (Å²) in [6, 6.07) is 3.40. The Hall–Kier alpha value is -1.16. The summed E-state index contributed by atoms with van der Waals surface area (Å²) >= 11 is 0. The Morgan fingerprint density at radius 1 is 1.41 bits per heavy atom. The van der Waals surface area contributed by atoms with Gasteiger partial charge in [-0.3, -0.25) is 0 Å². The first-order valence-corrected chi connectivity index (χ1v) is 6.62. The van der Waals surface area contributed by atoms with Gasteiger partial charge in [-0.25, -0.2) is 9.97 Å². The number of nitrogens with zero attached hydrogens (tertiary/aromatic N) is 3. The lowest BCUT2D eigenvalue weighted by atomic mass is 10.2. The van der Waals surface area contributed by atoms with Crippen molar-refractivity contribution >= 4 is 5.82 Å². The van der Waals surface area contributed by atoms with Gasteiger partial charge in [0.2, 0.25) is 0 Å². The van der Waals surface area contributed by atoms with Crippen LogP contribution in [0.15, 0.2) is 12.3 Å². The number of aromatic nitrogens is 2. The second-order valence-corrected chi connectivity index (χ2v) is 5.14. The highest BCUT2D eigenvalue weighted by atomic mass is 15.3. The summed E-state index contributed by atoms with van der Waals surface area (Å²) in [5, 5.41) is 3.57. The predicted octanol–water partition coefficient (Wildman–Crippen LogP) is 1.51. The first-order valence-electron chi connectivity index (χ1n) is 6.62. The highest BCUT2D eigenvalue weighted by molar-refractivity contribution is 5.41. The third-order valence-electron chi connectivity index (χ3n) is 3.62. The number of nitrogens with one attached hydrogen (secondary N) is 1. The molecule has 0 amide bonds. The van der Waals surface area contributed by atoms with E-state index in [0.29, 0.717) is 12.1 Å². The summed E-state index contributed by atoms with van der Waals surface area (Å²) in [6.45, 7) is 4.23. The topological polar surface area (TPSA) is 41.1 Å². The summed E-state index contributed by atoms with van der Waals surface area (Å²) in [7, 11) is 0. The van der Waals surface area contributed by atoms with Crippen LogP contribution in [-0.2, 0) is 0 Å². The van der Waals surface area contributed by atoms with Gasteiger partial charge in [-0.1, -0.05) is 0 Å². The predicted molar refractivity (Wildman–Crippen MR) is 68.2 cm³/mol. The van der Waals surface area contributed by atoms with Crippen molar-refractivity contribution in [3.63, 3.8) is 0 Å². The van der Waals surface area contributed by atoms with Crippen LogP contribution in [0.2, 0.25) is 0 Å². The SMILES string of the molecule is Cc1nccc(N(CC2CCCN2)C2CC2)n1. The van der Waals surface area contributed by atoms with Crippen LogP contribution in [0.3, 0.4) is 0 Å². The second kappa shape index (κ2) is 4.61. The Kier molecular flexibility index (Phi) is 2.97. The molecule has 0 bridgehead atoms. The van der Waals surface area contributed by atoms with Crippen molar-refractivity contribution in [1.29, 1.82) is 0 Å². The number of hydrogen-bond donors (Lipinski definition) is 1. The molecule has 2 aliphatic rings. The van der Waals surface area contributed by atoms with Gasteiger partial charge < -0.3 is 10.2 Å². The monoisotopic (exact) mass is 232 g/mol. The summed E-state index contributed by atoms with van der Waals surface area (Å²) in [6.07, 6.45) is 7.11. The normalized spacial score (nSPS) is 23.9. The minimum Gasteiger partial charge on any atom is -0.352 e. The second-order valence-electron chi connectivity index (χ2n) is 5.14. The summed E-state index contributed by atoms with van der Waals surface area (Å²) in [5.41, 5.74) is 0. The standard InChI is InChI=1S/C13H20N4/c1-10-14-8-6-13(16-10)17(12-4-5-12)9-11-3-2-7-15-11/h6,8,11-12,15H,2-5,7,9H2,1H3. The van der Waals surface area contributed by atoms with Crippen LogP contribution in [0.4, 0.5) is 5.82 Å². The van der Waals surface area contributed by atoms with E-state index >= 15 is 0 Å². The lowest BCUT2D eigenvalue weighted by molar-refractivity contribution is 0.575. The molecule has 92 valence electrons. The average molecular weight is 232 g/mol. The molecule has 1 unspecified atom stereocenters. The van der Waals surface area contributed by atoms with Crippen molar-refractivity contribution in [3.8, 4) is 0 Å². The van der Waals surface area contributed by atoms with E-state index in [4.69, 9.17) is 0 Å². The van der Waals surface area contributed by atoms with Gasteiger partial charge in [-0.15, -0.1) is 0 Å². The molecule has 3 rings (SSSR count). The fourth-order valence-electron chi connectivity index (χ4n) is 2.57. The van der Waals surface area contributed by atoms with E-state index in [1.165, 1.54) is 32.2 Å². The molecule has 1 aliphatic heterocycles. The Morgan fingerprint density at radius 2 is 2.29 bits per heavy atom. The van der Waals surface area contributed by atoms with Gasteiger partial charge >= 0.3 is 0 Å². The molecule has 4 heteroatoms. The lowest BCUT2D eigenvalue weighted by Crippen LogP contribution is -2.39. The molecule has 1 N–H and O–H groups in total. The van der Waals surface area contributed by atoms with E-state index in [1.54, 1.807) is 0 Å². The zero-order chi connectivity index (χ0) is 11.7. The van der Waals surface area contributed by atoms with E-state index in [9.17, 15) is 0 Å². The first-order chi connectivity index (χ1) is 8.33. The Balaban J connectivity index is 1.74. The largest absolute Gasteiger partial charge is 0.352 e. The maximum Gasteiger partial charge on any atom is 0.132 e. The smallest absolute Gasteiger partial charge is 0.132 e. The molecule has 1 aromatic heterocycles. The van der Waals surface area contributed by atoms with E-state index in [-0.39, 0.29) is 0 Å². The van der Waals surface area contributed by atoms with Crippen LogP contribution >= 0.6 is 0 Å². The van der Waals surface area contributed by atoms with Crippen molar-refractivity contribution in [2.75, 3.05) is 18.0 Å². The molecule has 2 fully saturated rings. The Bertz CT molecular complexity index is 383. The van der Waals surface area contributed by atoms with E-state index in [2.05, 4.69) is 20.2 Å². The van der Waals surface area contributed by atoms with Crippen molar-refractivity contribution < 1.29 is 0 Å². The van der Waals surface area contributed by atoms with Crippen LogP contribution in [0.5, 0.6) is 0 Å². The maximum atomic E-state index is 4.56. The van der Waals surface area contributed by atoms with Gasteiger partial charge in [0, 0.05) is 24.8 Å². The molecule has 0 radical (unpaired) electrons. The molecule has 0 spiro atoms. The maximum absolute atomic E-state index is 4.56. The van der Waals surface area contributed by atoms with E-state index in [0.717, 1.165) is 18.2 Å². The third kappa shape index (κ3) is 2.57. The molecule has 2 heterocycles. The lowest BCUT2D eigenvalue weighted by Gasteiger charge is -2.26. The van der Waals surface area contributed by atoms with Crippen molar-refractivity contribution in [2.45, 2.75) is 44.7 Å². The Morgan fingerprint density at radius 3 is 2.94 bits per heavy atom. The number of anilines is 1. The van der Waals surface area contributed by atoms with Crippen molar-refractivity contribution in [3.05, 3.63) is 18.1 Å². The van der Waals surface area contributed by atoms with Crippen LogP contribution in [0.1, 0.15) is 31.5 Å². The molecule has 1 saturated carbocycles. The van der Waals surface area contributed by atoms with Crippen LogP contribution in [-0.4, -0.2) is 35.1 Å². The van der Waals surface area contributed by atoms with Gasteiger partial charge in [-0.05, 0) is 45.2 Å². The first kappa shape index (κ1) is 11.0. The van der Waals surface area contributed by atoms with Gasteiger partial charge in [0.15, 0.2) is 0 Å². The van der Waals surface area contributed by atoms with E-state index in [1.807, 2.05) is 19.2 Å². The highest BCUT2D eigenvalue weighted by Gasteiger charge is 2.32. The van der Waals surface area contributed by atoms with Crippen molar-refractivity contribution in [1.82, 2.24) is 15.3 Å². The molecule has 1 atom stereocenters. The average Bonchev–Trinajstić information content (AvgIpc) is 3.03. The highest BCUT2D eigenvalue weighted by Crippen LogP contribution is 2.31. The third-order valence-corrected chi connectivity index (χ3v) is 3.62. The summed E-state index contributed by atoms with van der Waals surface area (Å²) in [5.74, 6) is 1.97. The zero-order valence-corrected chi connectivity index (χ0v) is 10.4. The summed E-state index contributed by atoms with van der Waals surface area (Å²) < 4.78 is 0. The molecule has 4 nitrogen and oxygen atoms in total. The van der Waals surface area contributed by atoms with Gasteiger partial charge in [0.25, 0.3) is 0 Å². The van der Waals surface area contributed by atoms with Crippen LogP contribution in [0.25, 0.3) is 0 Å². The van der Waals surface area contributed by atoms with Crippen LogP contribution < -0.4 is 10.2 Å². The quantitative estimate of drug-likeness (QED) is 0.854. The molecule has 1 aromatic rings. The molecule has 17 heavy (non-hydrogen) atoms. The zero-order valence-electron chi connectivity index (χ0n) is 10.4. The van der Waals surface area contributed by atoms with Gasteiger partial charge in [0.05, 0.1) is 0 Å². The number of rotatable bonds is 4. The fraction of sp³-hybridized carbons (Fsp3) is 0.692. The van der Waals surface area contributed by atoms with Crippen LogP contribution in [0, 0.1) is 6.92 Å². The molecular formula is C13H20N4. The number of hydrogen-bond acceptors (Lipinski definition) is 4.